The van der Waals surface area contributed by atoms with Crippen LogP contribution in [0.2, 0.25) is 0 Å². The summed E-state index contributed by atoms with van der Waals surface area (Å²) in [6.45, 7) is 2.90. The van der Waals surface area contributed by atoms with Crippen molar-refractivity contribution in [1.29, 1.82) is 0 Å². The van der Waals surface area contributed by atoms with E-state index in [2.05, 4.69) is 65.7 Å². The molecule has 7 nitrogen and oxygen atoms in total. The van der Waals surface area contributed by atoms with Crippen LogP contribution in [-0.4, -0.2) is 43.2 Å². The third-order valence-electron chi connectivity index (χ3n) is 11.6. The number of hydrogen-bond donors (Lipinski definition) is 1. The minimum absolute atomic E-state index is 0.0667. The highest BCUT2D eigenvalue weighted by Gasteiger charge is 2.50. The van der Waals surface area contributed by atoms with Crippen molar-refractivity contribution in [3.63, 3.8) is 0 Å². The van der Waals surface area contributed by atoms with Gasteiger partial charge in [0.05, 0.1) is 17.7 Å². The summed E-state index contributed by atoms with van der Waals surface area (Å²) in [5, 5.41) is 2.55. The number of anilines is 1. The SMILES string of the molecule is CNC(=O)OC1CCC(C(=O)N(CC23CCC(c4ccc(OC)c(C)c4)(CC2)CC3)c2cccc(-c3cc(C4CC4)ns3)c2)CC1. The summed E-state index contributed by atoms with van der Waals surface area (Å²) >= 11 is 1.57. The van der Waals surface area contributed by atoms with E-state index in [4.69, 9.17) is 13.8 Å². The minimum atomic E-state index is -0.393. The molecule has 5 saturated carbocycles. The van der Waals surface area contributed by atoms with E-state index in [9.17, 15) is 9.59 Å². The molecule has 46 heavy (non-hydrogen) atoms. The Kier molecular flexibility index (Phi) is 8.60. The number of hydrogen-bond acceptors (Lipinski definition) is 6. The summed E-state index contributed by atoms with van der Waals surface area (Å²) in [5.41, 5.74) is 6.35. The number of ether oxygens (including phenoxy) is 2. The maximum absolute atomic E-state index is 14.5. The average Bonchev–Trinajstić information content (AvgIpc) is 3.83. The molecule has 2 aromatic carbocycles. The van der Waals surface area contributed by atoms with Gasteiger partial charge < -0.3 is 19.7 Å². The molecule has 2 amide bonds. The third kappa shape index (κ3) is 6.17. The third-order valence-corrected chi connectivity index (χ3v) is 12.5. The standard InChI is InChI=1S/C38H47N3O4S/c1-25-21-29(11-14-33(25)44-3)38-18-15-37(16-19-38,17-20-38)24-41(35(42)27-9-12-31(13-10-27)45-36(43)39-2)30-6-4-5-28(22-30)34-23-32(40-46-34)26-7-8-26/h4-6,11,14,21-23,26-27,31H,7-10,12-13,15-20,24H2,1-3H3,(H,39,43). The largest absolute Gasteiger partial charge is 0.496 e. The van der Waals surface area contributed by atoms with Gasteiger partial charge >= 0.3 is 6.09 Å². The first-order valence-electron chi connectivity index (χ1n) is 17.2. The molecule has 2 bridgehead atoms. The average molecular weight is 642 g/mol. The molecule has 244 valence electrons. The molecule has 0 atom stereocenters. The second-order valence-corrected chi connectivity index (χ2v) is 15.3. The van der Waals surface area contributed by atoms with Crippen LogP contribution in [0.1, 0.15) is 99.8 Å². The molecule has 8 heteroatoms. The number of fused-ring (bicyclic) bond motifs is 3. The molecule has 8 rings (SSSR count). The zero-order valence-corrected chi connectivity index (χ0v) is 28.3. The van der Waals surface area contributed by atoms with Crippen LogP contribution in [-0.2, 0) is 14.9 Å². The van der Waals surface area contributed by atoms with Crippen molar-refractivity contribution in [3.8, 4) is 16.2 Å². The first kappa shape index (κ1) is 31.2. The smallest absolute Gasteiger partial charge is 0.407 e. The number of alkyl carbamates (subject to hydrolysis) is 1. The van der Waals surface area contributed by atoms with E-state index in [0.29, 0.717) is 5.92 Å². The molecule has 0 unspecified atom stereocenters. The summed E-state index contributed by atoms with van der Waals surface area (Å²) in [6, 6.07) is 17.6. The molecular weight excluding hydrogens is 595 g/mol. The van der Waals surface area contributed by atoms with E-state index in [1.54, 1.807) is 25.7 Å². The molecule has 0 spiro atoms. The fourth-order valence-corrected chi connectivity index (χ4v) is 9.27. The number of nitrogens with one attached hydrogen (secondary N) is 1. The first-order valence-corrected chi connectivity index (χ1v) is 18.0. The number of benzene rings is 2. The second-order valence-electron chi connectivity index (χ2n) is 14.5. The van der Waals surface area contributed by atoms with E-state index < -0.39 is 6.09 Å². The predicted molar refractivity (Wildman–Crippen MR) is 183 cm³/mol. The Morgan fingerprint density at radius 2 is 1.70 bits per heavy atom. The lowest BCUT2D eigenvalue weighted by Gasteiger charge is -2.55. The number of amides is 2. The minimum Gasteiger partial charge on any atom is -0.496 e. The van der Waals surface area contributed by atoms with Gasteiger partial charge in [-0.3, -0.25) is 4.79 Å². The molecule has 5 fully saturated rings. The van der Waals surface area contributed by atoms with Crippen molar-refractivity contribution >= 4 is 29.2 Å². The molecule has 3 aromatic rings. The van der Waals surface area contributed by atoms with E-state index >= 15 is 0 Å². The normalized spacial score (nSPS) is 27.2. The van der Waals surface area contributed by atoms with Gasteiger partial charge in [0.15, 0.2) is 0 Å². The Morgan fingerprint density at radius 1 is 0.957 bits per heavy atom. The van der Waals surface area contributed by atoms with Crippen molar-refractivity contribution in [2.45, 2.75) is 101 Å². The molecule has 1 N–H and O–H groups in total. The fourth-order valence-electron chi connectivity index (χ4n) is 8.46. The van der Waals surface area contributed by atoms with Crippen LogP contribution in [0.25, 0.3) is 10.4 Å². The molecule has 0 radical (unpaired) electrons. The highest BCUT2D eigenvalue weighted by molar-refractivity contribution is 7.09. The molecule has 1 aromatic heterocycles. The number of carbonyl (C=O) groups excluding carboxylic acids is 2. The van der Waals surface area contributed by atoms with E-state index in [1.165, 1.54) is 34.5 Å². The van der Waals surface area contributed by atoms with Crippen LogP contribution in [0.4, 0.5) is 10.5 Å². The Bertz CT molecular complexity index is 1560. The number of methoxy groups -OCH3 is 1. The van der Waals surface area contributed by atoms with Gasteiger partial charge in [-0.2, -0.15) is 4.37 Å². The van der Waals surface area contributed by atoms with Gasteiger partial charge in [-0.15, -0.1) is 0 Å². The van der Waals surface area contributed by atoms with E-state index in [0.717, 1.165) is 87.8 Å². The van der Waals surface area contributed by atoms with Crippen molar-refractivity contribution < 1.29 is 19.1 Å². The van der Waals surface area contributed by atoms with E-state index in [-0.39, 0.29) is 28.8 Å². The number of rotatable bonds is 9. The number of aromatic nitrogens is 1. The zero-order valence-electron chi connectivity index (χ0n) is 27.5. The van der Waals surface area contributed by atoms with Crippen LogP contribution in [0, 0.1) is 18.3 Å². The zero-order chi connectivity index (χ0) is 31.9. The van der Waals surface area contributed by atoms with Crippen molar-refractivity contribution in [2.24, 2.45) is 11.3 Å². The summed E-state index contributed by atoms with van der Waals surface area (Å²) < 4.78 is 15.8. The number of aryl methyl sites for hydroxylation is 1. The Morgan fingerprint density at radius 3 is 2.35 bits per heavy atom. The molecule has 5 aliphatic carbocycles. The Balaban J connectivity index is 1.12. The Hall–Kier alpha value is -3.39. The van der Waals surface area contributed by atoms with Crippen molar-refractivity contribution in [3.05, 3.63) is 65.4 Å². The van der Waals surface area contributed by atoms with Crippen LogP contribution in [0.5, 0.6) is 5.75 Å². The molecule has 0 saturated heterocycles. The molecular formula is C38H47N3O4S. The van der Waals surface area contributed by atoms with Gasteiger partial charge in [0, 0.05) is 31.1 Å². The Labute approximate surface area is 277 Å². The quantitative estimate of drug-likeness (QED) is 0.253. The van der Waals surface area contributed by atoms with Crippen LogP contribution < -0.4 is 15.0 Å². The predicted octanol–water partition coefficient (Wildman–Crippen LogP) is 8.54. The molecule has 5 aliphatic rings. The number of carbonyl (C=O) groups is 2. The maximum atomic E-state index is 14.5. The molecule has 1 heterocycles. The monoisotopic (exact) mass is 641 g/mol. The van der Waals surface area contributed by atoms with Crippen molar-refractivity contribution in [1.82, 2.24) is 9.69 Å². The van der Waals surface area contributed by atoms with Gasteiger partial charge in [0.2, 0.25) is 5.91 Å². The highest BCUT2D eigenvalue weighted by Crippen LogP contribution is 2.58. The van der Waals surface area contributed by atoms with Crippen LogP contribution in [0.3, 0.4) is 0 Å². The summed E-state index contributed by atoms with van der Waals surface area (Å²) in [5.74, 6) is 1.73. The summed E-state index contributed by atoms with van der Waals surface area (Å²) in [7, 11) is 3.33. The molecule has 0 aliphatic heterocycles. The lowest BCUT2D eigenvalue weighted by atomic mass is 9.51. The van der Waals surface area contributed by atoms with Gasteiger partial charge in [0.1, 0.15) is 11.9 Å². The topological polar surface area (TPSA) is 80.8 Å². The van der Waals surface area contributed by atoms with Gasteiger partial charge in [-0.1, -0.05) is 24.3 Å². The van der Waals surface area contributed by atoms with Crippen molar-refractivity contribution in [2.75, 3.05) is 25.6 Å². The second kappa shape index (κ2) is 12.7. The lowest BCUT2D eigenvalue weighted by Crippen LogP contribution is -2.51. The highest BCUT2D eigenvalue weighted by atomic mass is 32.1. The lowest BCUT2D eigenvalue weighted by molar-refractivity contribution is -0.124. The van der Waals surface area contributed by atoms with Crippen LogP contribution >= 0.6 is 11.5 Å². The fraction of sp³-hybridized carbons (Fsp3) is 0.553. The maximum Gasteiger partial charge on any atom is 0.407 e. The first-order chi connectivity index (χ1) is 22.3. The van der Waals surface area contributed by atoms with Gasteiger partial charge in [-0.25, -0.2) is 4.79 Å². The summed E-state index contributed by atoms with van der Waals surface area (Å²) in [4.78, 5) is 29.7. The van der Waals surface area contributed by atoms with Gasteiger partial charge in [0.25, 0.3) is 0 Å². The van der Waals surface area contributed by atoms with E-state index in [1.807, 2.05) is 0 Å². The van der Waals surface area contributed by atoms with Gasteiger partial charge in [-0.05, 0) is 147 Å². The van der Waals surface area contributed by atoms with Crippen LogP contribution in [0.15, 0.2) is 48.5 Å². The summed E-state index contributed by atoms with van der Waals surface area (Å²) in [6.07, 6.45) is 11.8. The number of nitrogens with zero attached hydrogens (tertiary/aromatic N) is 2.